The lowest BCUT2D eigenvalue weighted by Crippen LogP contribution is -2.39. The van der Waals surface area contributed by atoms with Gasteiger partial charge in [0.1, 0.15) is 5.69 Å². The molecule has 0 saturated heterocycles. The van der Waals surface area contributed by atoms with Crippen LogP contribution in [-0.4, -0.2) is 17.0 Å². The Labute approximate surface area is 113 Å². The van der Waals surface area contributed by atoms with E-state index in [1.807, 2.05) is 6.07 Å². The molecule has 0 amide bonds. The molecule has 0 bridgehead atoms. The van der Waals surface area contributed by atoms with Gasteiger partial charge < -0.3 is 11.1 Å². The SMILES string of the molecule is Cc1cccc(NC2CCCCCC2N)c1[N+](=O)[O-]. The normalized spacial score (nSPS) is 23.7. The standard InChI is InChI=1S/C14H21N3O2/c1-10-6-5-9-13(14(10)17(18)19)16-12-8-4-2-3-7-11(12)15/h5-6,9,11-12,16H,2-4,7-8,15H2,1H3. The lowest BCUT2D eigenvalue weighted by molar-refractivity contribution is -0.384. The van der Waals surface area contributed by atoms with Crippen LogP contribution in [0.2, 0.25) is 0 Å². The van der Waals surface area contributed by atoms with Gasteiger partial charge in [-0.2, -0.15) is 0 Å². The van der Waals surface area contributed by atoms with Crippen LogP contribution in [0.5, 0.6) is 0 Å². The number of nitrogens with one attached hydrogen (secondary N) is 1. The van der Waals surface area contributed by atoms with Gasteiger partial charge in [0.25, 0.3) is 5.69 Å². The van der Waals surface area contributed by atoms with Gasteiger partial charge in [0.15, 0.2) is 0 Å². The zero-order chi connectivity index (χ0) is 13.8. The van der Waals surface area contributed by atoms with Crippen molar-refractivity contribution in [3.8, 4) is 0 Å². The summed E-state index contributed by atoms with van der Waals surface area (Å²) in [5.41, 5.74) is 7.59. The summed E-state index contributed by atoms with van der Waals surface area (Å²) in [5.74, 6) is 0. The Bertz CT molecular complexity index is 462. The molecule has 19 heavy (non-hydrogen) atoms. The van der Waals surface area contributed by atoms with E-state index in [4.69, 9.17) is 5.73 Å². The number of nitro groups is 1. The molecule has 2 unspecified atom stereocenters. The van der Waals surface area contributed by atoms with E-state index in [2.05, 4.69) is 5.32 Å². The first-order valence-electron chi connectivity index (χ1n) is 6.85. The van der Waals surface area contributed by atoms with E-state index in [1.165, 1.54) is 6.42 Å². The second kappa shape index (κ2) is 6.02. The largest absolute Gasteiger partial charge is 0.375 e. The van der Waals surface area contributed by atoms with Crippen LogP contribution in [0.4, 0.5) is 11.4 Å². The molecule has 0 aliphatic heterocycles. The van der Waals surface area contributed by atoms with Crippen molar-refractivity contribution in [3.05, 3.63) is 33.9 Å². The van der Waals surface area contributed by atoms with Crippen LogP contribution < -0.4 is 11.1 Å². The molecule has 1 fully saturated rings. The number of rotatable bonds is 3. The van der Waals surface area contributed by atoms with Gasteiger partial charge in [0, 0.05) is 17.6 Å². The molecule has 3 N–H and O–H groups in total. The number of nitro benzene ring substituents is 1. The first-order valence-corrected chi connectivity index (χ1v) is 6.85. The van der Waals surface area contributed by atoms with Crippen LogP contribution in [0.3, 0.4) is 0 Å². The summed E-state index contributed by atoms with van der Waals surface area (Å²) in [4.78, 5) is 10.8. The molecular formula is C14H21N3O2. The number of hydrogen-bond acceptors (Lipinski definition) is 4. The summed E-state index contributed by atoms with van der Waals surface area (Å²) in [5, 5.41) is 14.5. The van der Waals surface area contributed by atoms with Gasteiger partial charge in [-0.25, -0.2) is 0 Å². The summed E-state index contributed by atoms with van der Waals surface area (Å²) in [6.07, 6.45) is 5.44. The predicted molar refractivity (Wildman–Crippen MR) is 76.3 cm³/mol. The van der Waals surface area contributed by atoms with Crippen molar-refractivity contribution in [2.75, 3.05) is 5.32 Å². The van der Waals surface area contributed by atoms with Crippen molar-refractivity contribution in [3.63, 3.8) is 0 Å². The molecule has 0 radical (unpaired) electrons. The van der Waals surface area contributed by atoms with Gasteiger partial charge in [0.2, 0.25) is 0 Å². The van der Waals surface area contributed by atoms with Crippen molar-refractivity contribution < 1.29 is 4.92 Å². The lowest BCUT2D eigenvalue weighted by Gasteiger charge is -2.23. The van der Waals surface area contributed by atoms with Gasteiger partial charge in [0.05, 0.1) is 4.92 Å². The smallest absolute Gasteiger partial charge is 0.295 e. The average molecular weight is 263 g/mol. The minimum Gasteiger partial charge on any atom is -0.375 e. The molecule has 1 aliphatic rings. The van der Waals surface area contributed by atoms with E-state index in [9.17, 15) is 10.1 Å². The molecule has 1 saturated carbocycles. The highest BCUT2D eigenvalue weighted by Crippen LogP contribution is 2.30. The molecule has 2 atom stereocenters. The molecule has 5 nitrogen and oxygen atoms in total. The molecule has 0 heterocycles. The van der Waals surface area contributed by atoms with E-state index < -0.39 is 0 Å². The minimum atomic E-state index is -0.320. The van der Waals surface area contributed by atoms with Crippen LogP contribution in [0, 0.1) is 17.0 Å². The number of para-hydroxylation sites is 1. The number of nitrogens with two attached hydrogens (primary N) is 1. The van der Waals surface area contributed by atoms with E-state index in [0.29, 0.717) is 11.3 Å². The Morgan fingerprint density at radius 1 is 1.32 bits per heavy atom. The van der Waals surface area contributed by atoms with E-state index in [-0.39, 0.29) is 22.7 Å². The number of hydrogen-bond donors (Lipinski definition) is 2. The van der Waals surface area contributed by atoms with E-state index in [0.717, 1.165) is 25.7 Å². The quantitative estimate of drug-likeness (QED) is 0.499. The Morgan fingerprint density at radius 3 is 2.79 bits per heavy atom. The van der Waals surface area contributed by atoms with Crippen LogP contribution in [-0.2, 0) is 0 Å². The van der Waals surface area contributed by atoms with Gasteiger partial charge in [-0.1, -0.05) is 31.4 Å². The summed E-state index contributed by atoms with van der Waals surface area (Å²) in [7, 11) is 0. The number of benzene rings is 1. The summed E-state index contributed by atoms with van der Waals surface area (Å²) >= 11 is 0. The number of anilines is 1. The zero-order valence-corrected chi connectivity index (χ0v) is 11.3. The molecule has 1 aliphatic carbocycles. The van der Waals surface area contributed by atoms with Crippen molar-refractivity contribution in [2.24, 2.45) is 5.73 Å². The highest BCUT2D eigenvalue weighted by molar-refractivity contribution is 5.65. The third kappa shape index (κ3) is 3.23. The van der Waals surface area contributed by atoms with Crippen molar-refractivity contribution in [1.82, 2.24) is 0 Å². The molecule has 2 rings (SSSR count). The lowest BCUT2D eigenvalue weighted by atomic mass is 10.0. The maximum Gasteiger partial charge on any atom is 0.295 e. The van der Waals surface area contributed by atoms with Crippen LogP contribution in [0.15, 0.2) is 18.2 Å². The zero-order valence-electron chi connectivity index (χ0n) is 11.3. The van der Waals surface area contributed by atoms with Crippen molar-refractivity contribution in [1.29, 1.82) is 0 Å². The second-order valence-corrected chi connectivity index (χ2v) is 5.28. The fourth-order valence-corrected chi connectivity index (χ4v) is 2.73. The van der Waals surface area contributed by atoms with Crippen LogP contribution in [0.1, 0.15) is 37.7 Å². The summed E-state index contributed by atoms with van der Waals surface area (Å²) in [6.45, 7) is 1.76. The van der Waals surface area contributed by atoms with E-state index >= 15 is 0 Å². The highest BCUT2D eigenvalue weighted by Gasteiger charge is 2.24. The maximum atomic E-state index is 11.2. The number of nitrogens with zero attached hydrogens (tertiary/aromatic N) is 1. The molecular weight excluding hydrogens is 242 g/mol. The topological polar surface area (TPSA) is 81.2 Å². The molecule has 0 spiro atoms. The monoisotopic (exact) mass is 263 g/mol. The predicted octanol–water partition coefficient (Wildman–Crippen LogP) is 2.98. The molecule has 5 heteroatoms. The highest BCUT2D eigenvalue weighted by atomic mass is 16.6. The number of aryl methyl sites for hydroxylation is 1. The van der Waals surface area contributed by atoms with Crippen molar-refractivity contribution in [2.45, 2.75) is 51.1 Å². The van der Waals surface area contributed by atoms with Gasteiger partial charge in [-0.3, -0.25) is 10.1 Å². The fourth-order valence-electron chi connectivity index (χ4n) is 2.73. The molecule has 1 aromatic rings. The first-order chi connectivity index (χ1) is 9.09. The van der Waals surface area contributed by atoms with E-state index in [1.54, 1.807) is 19.1 Å². The Balaban J connectivity index is 2.22. The third-order valence-corrected chi connectivity index (χ3v) is 3.83. The van der Waals surface area contributed by atoms with Gasteiger partial charge in [-0.05, 0) is 25.8 Å². The summed E-state index contributed by atoms with van der Waals surface area (Å²) in [6, 6.07) is 5.57. The Hall–Kier alpha value is -1.62. The van der Waals surface area contributed by atoms with Gasteiger partial charge >= 0.3 is 0 Å². The molecule has 104 valence electrons. The fraction of sp³-hybridized carbons (Fsp3) is 0.571. The Morgan fingerprint density at radius 2 is 2.05 bits per heavy atom. The van der Waals surface area contributed by atoms with Crippen LogP contribution in [0.25, 0.3) is 0 Å². The average Bonchev–Trinajstić information content (AvgIpc) is 2.54. The van der Waals surface area contributed by atoms with Crippen LogP contribution >= 0.6 is 0 Å². The second-order valence-electron chi connectivity index (χ2n) is 5.28. The Kier molecular flexibility index (Phi) is 4.37. The van der Waals surface area contributed by atoms with Crippen molar-refractivity contribution >= 4 is 11.4 Å². The first kappa shape index (κ1) is 13.8. The molecule has 0 aromatic heterocycles. The maximum absolute atomic E-state index is 11.2. The third-order valence-electron chi connectivity index (χ3n) is 3.83. The summed E-state index contributed by atoms with van der Waals surface area (Å²) < 4.78 is 0. The minimum absolute atomic E-state index is 0.0719. The van der Waals surface area contributed by atoms with Gasteiger partial charge in [-0.15, -0.1) is 0 Å². The molecule has 1 aromatic carbocycles.